The summed E-state index contributed by atoms with van der Waals surface area (Å²) in [7, 11) is -0.920. The molecule has 0 amide bonds. The molecule has 6 nitrogen and oxygen atoms in total. The molecule has 2 aromatic rings. The molecule has 0 aliphatic heterocycles. The Morgan fingerprint density at radius 1 is 1.04 bits per heavy atom. The van der Waals surface area contributed by atoms with E-state index in [0.29, 0.717) is 17.1 Å². The molecular formula is C17H19NO5S. The Kier molecular flexibility index (Phi) is 5.14. The second-order valence-electron chi connectivity index (χ2n) is 5.21. The summed E-state index contributed by atoms with van der Waals surface area (Å²) in [5.41, 5.74) is 1.40. The molecule has 0 bridgehead atoms. The summed E-state index contributed by atoms with van der Waals surface area (Å²) in [5.74, 6) is 0.701. The summed E-state index contributed by atoms with van der Waals surface area (Å²) < 4.78 is 38.2. The van der Waals surface area contributed by atoms with Crippen LogP contribution in [-0.4, -0.2) is 28.4 Å². The first kappa shape index (κ1) is 17.8. The summed E-state index contributed by atoms with van der Waals surface area (Å²) in [6.45, 7) is 3.21. The van der Waals surface area contributed by atoms with Gasteiger partial charge in [-0.1, -0.05) is 12.1 Å². The van der Waals surface area contributed by atoms with Crippen LogP contribution in [0.15, 0.2) is 41.3 Å². The van der Waals surface area contributed by atoms with Crippen molar-refractivity contribution in [3.05, 3.63) is 47.5 Å². The van der Waals surface area contributed by atoms with Crippen molar-refractivity contribution in [1.29, 1.82) is 0 Å². The van der Waals surface area contributed by atoms with E-state index in [-0.39, 0.29) is 16.4 Å². The fraction of sp³-hybridized carbons (Fsp3) is 0.235. The number of carbonyl (C=O) groups is 1. The molecule has 7 heteroatoms. The Labute approximate surface area is 141 Å². The Morgan fingerprint density at radius 3 is 2.29 bits per heavy atom. The molecule has 24 heavy (non-hydrogen) atoms. The first-order chi connectivity index (χ1) is 11.3. The van der Waals surface area contributed by atoms with E-state index in [0.717, 1.165) is 5.56 Å². The van der Waals surface area contributed by atoms with Gasteiger partial charge in [-0.15, -0.1) is 0 Å². The minimum absolute atomic E-state index is 0.00297. The zero-order valence-corrected chi connectivity index (χ0v) is 14.7. The highest BCUT2D eigenvalue weighted by molar-refractivity contribution is 7.92. The number of Topliss-reactive ketones (excluding diaryl/α,β-unsaturated/α-hetero) is 1. The van der Waals surface area contributed by atoms with Gasteiger partial charge in [0.15, 0.2) is 5.78 Å². The molecule has 2 rings (SSSR count). The van der Waals surface area contributed by atoms with Crippen molar-refractivity contribution in [2.75, 3.05) is 18.9 Å². The fourth-order valence-corrected chi connectivity index (χ4v) is 3.32. The first-order valence-electron chi connectivity index (χ1n) is 7.15. The quantitative estimate of drug-likeness (QED) is 0.811. The Hall–Kier alpha value is -2.54. The fourth-order valence-electron chi connectivity index (χ4n) is 2.22. The smallest absolute Gasteiger partial charge is 0.262 e. The lowest BCUT2D eigenvalue weighted by Gasteiger charge is -2.15. The van der Waals surface area contributed by atoms with Gasteiger partial charge >= 0.3 is 0 Å². The van der Waals surface area contributed by atoms with Crippen LogP contribution in [0, 0.1) is 6.92 Å². The lowest BCUT2D eigenvalue weighted by Crippen LogP contribution is -2.14. The number of methoxy groups -OCH3 is 2. The molecule has 0 fully saturated rings. The third-order valence-electron chi connectivity index (χ3n) is 3.51. The van der Waals surface area contributed by atoms with Crippen LogP contribution in [0.3, 0.4) is 0 Å². The predicted octanol–water partition coefficient (Wildman–Crippen LogP) is 3.02. The zero-order chi connectivity index (χ0) is 17.9. The maximum atomic E-state index is 12.6. The van der Waals surface area contributed by atoms with Crippen LogP contribution in [0.5, 0.6) is 11.5 Å². The molecule has 0 radical (unpaired) electrons. The van der Waals surface area contributed by atoms with Crippen LogP contribution in [0.25, 0.3) is 0 Å². The van der Waals surface area contributed by atoms with Gasteiger partial charge in [0.1, 0.15) is 11.5 Å². The monoisotopic (exact) mass is 349 g/mol. The summed E-state index contributed by atoms with van der Waals surface area (Å²) in [4.78, 5) is 11.4. The van der Waals surface area contributed by atoms with Crippen LogP contribution in [0.1, 0.15) is 22.8 Å². The third-order valence-corrected chi connectivity index (χ3v) is 4.88. The van der Waals surface area contributed by atoms with E-state index < -0.39 is 10.0 Å². The third kappa shape index (κ3) is 3.68. The van der Waals surface area contributed by atoms with Crippen LogP contribution < -0.4 is 14.2 Å². The molecule has 0 saturated carbocycles. The molecule has 0 unspecified atom stereocenters. The van der Waals surface area contributed by atoms with E-state index >= 15 is 0 Å². The van der Waals surface area contributed by atoms with Gasteiger partial charge in [-0.2, -0.15) is 0 Å². The number of benzene rings is 2. The molecule has 0 heterocycles. The molecule has 0 aliphatic carbocycles. The van der Waals surface area contributed by atoms with Crippen LogP contribution in [0.2, 0.25) is 0 Å². The molecular weight excluding hydrogens is 330 g/mol. The molecule has 1 N–H and O–H groups in total. The Bertz CT molecular complexity index is 875. The molecule has 0 atom stereocenters. The number of hydrogen-bond acceptors (Lipinski definition) is 5. The minimum Gasteiger partial charge on any atom is -0.496 e. The molecule has 0 aliphatic rings. The van der Waals surface area contributed by atoms with Gasteiger partial charge in [-0.25, -0.2) is 8.42 Å². The van der Waals surface area contributed by atoms with Gasteiger partial charge in [0.25, 0.3) is 10.0 Å². The van der Waals surface area contributed by atoms with Crippen LogP contribution in [0.4, 0.5) is 5.69 Å². The van der Waals surface area contributed by atoms with Gasteiger partial charge in [-0.3, -0.25) is 9.52 Å². The van der Waals surface area contributed by atoms with Gasteiger partial charge in [0, 0.05) is 11.6 Å². The van der Waals surface area contributed by atoms with Crippen molar-refractivity contribution < 1.29 is 22.7 Å². The standard InChI is InChI=1S/C17H19NO5S/c1-11-8-17(23-4)15(10-16(11)22-3)18-24(20,21)14-7-5-6-13(9-14)12(2)19/h5-10,18H,1-4H3. The lowest BCUT2D eigenvalue weighted by atomic mass is 10.2. The highest BCUT2D eigenvalue weighted by Gasteiger charge is 2.19. The first-order valence-corrected chi connectivity index (χ1v) is 8.63. The predicted molar refractivity (Wildman–Crippen MR) is 91.5 cm³/mol. The second kappa shape index (κ2) is 6.92. The molecule has 2 aromatic carbocycles. The topological polar surface area (TPSA) is 81.7 Å². The minimum atomic E-state index is -3.88. The van der Waals surface area contributed by atoms with Crippen molar-refractivity contribution >= 4 is 21.5 Å². The second-order valence-corrected chi connectivity index (χ2v) is 6.89. The number of nitrogens with one attached hydrogen (secondary N) is 1. The number of aryl methyl sites for hydroxylation is 1. The molecule has 0 saturated heterocycles. The van der Waals surface area contributed by atoms with Gasteiger partial charge in [0.05, 0.1) is 24.8 Å². The summed E-state index contributed by atoms with van der Waals surface area (Å²) in [5, 5.41) is 0. The average Bonchev–Trinajstić information content (AvgIpc) is 2.55. The Morgan fingerprint density at radius 2 is 1.71 bits per heavy atom. The van der Waals surface area contributed by atoms with E-state index in [4.69, 9.17) is 9.47 Å². The summed E-state index contributed by atoms with van der Waals surface area (Å²) in [6, 6.07) is 9.09. The number of ketones is 1. The number of hydrogen-bond donors (Lipinski definition) is 1. The van der Waals surface area contributed by atoms with Crippen LogP contribution >= 0.6 is 0 Å². The van der Waals surface area contributed by atoms with Crippen molar-refractivity contribution in [2.24, 2.45) is 0 Å². The molecule has 0 spiro atoms. The van der Waals surface area contributed by atoms with Crippen molar-refractivity contribution in [3.63, 3.8) is 0 Å². The van der Waals surface area contributed by atoms with Gasteiger partial charge in [-0.05, 0) is 37.6 Å². The normalized spacial score (nSPS) is 11.0. The van der Waals surface area contributed by atoms with Crippen molar-refractivity contribution in [1.82, 2.24) is 0 Å². The van der Waals surface area contributed by atoms with Crippen molar-refractivity contribution in [3.8, 4) is 11.5 Å². The number of anilines is 1. The lowest BCUT2D eigenvalue weighted by molar-refractivity contribution is 0.101. The maximum absolute atomic E-state index is 12.6. The number of rotatable bonds is 6. The largest absolute Gasteiger partial charge is 0.496 e. The number of ether oxygens (including phenoxy) is 2. The molecule has 128 valence electrons. The van der Waals surface area contributed by atoms with Crippen molar-refractivity contribution in [2.45, 2.75) is 18.7 Å². The number of carbonyl (C=O) groups excluding carboxylic acids is 1. The van der Waals surface area contributed by atoms with Crippen LogP contribution in [-0.2, 0) is 10.0 Å². The summed E-state index contributed by atoms with van der Waals surface area (Å²) >= 11 is 0. The SMILES string of the molecule is COc1cc(NS(=O)(=O)c2cccc(C(C)=O)c2)c(OC)cc1C. The highest BCUT2D eigenvalue weighted by atomic mass is 32.2. The van der Waals surface area contributed by atoms with E-state index in [1.165, 1.54) is 39.3 Å². The Balaban J connectivity index is 2.46. The molecule has 0 aromatic heterocycles. The van der Waals surface area contributed by atoms with E-state index in [1.807, 2.05) is 6.92 Å². The summed E-state index contributed by atoms with van der Waals surface area (Å²) in [6.07, 6.45) is 0. The number of sulfonamides is 1. The van der Waals surface area contributed by atoms with Gasteiger partial charge < -0.3 is 9.47 Å². The van der Waals surface area contributed by atoms with E-state index in [1.54, 1.807) is 18.2 Å². The zero-order valence-electron chi connectivity index (χ0n) is 13.9. The average molecular weight is 349 g/mol. The highest BCUT2D eigenvalue weighted by Crippen LogP contribution is 2.33. The maximum Gasteiger partial charge on any atom is 0.262 e. The van der Waals surface area contributed by atoms with E-state index in [9.17, 15) is 13.2 Å². The van der Waals surface area contributed by atoms with Gasteiger partial charge in [0.2, 0.25) is 0 Å². The van der Waals surface area contributed by atoms with E-state index in [2.05, 4.69) is 4.72 Å².